The molecule has 2 heteroatoms. The highest BCUT2D eigenvalue weighted by atomic mass is 16.5. The van der Waals surface area contributed by atoms with Crippen LogP contribution in [0.15, 0.2) is 0 Å². The van der Waals surface area contributed by atoms with Gasteiger partial charge in [0.05, 0.1) is 6.10 Å². The second-order valence-corrected chi connectivity index (χ2v) is 3.67. The van der Waals surface area contributed by atoms with Crippen LogP contribution < -0.4 is 5.32 Å². The largest absolute Gasteiger partial charge is 0.377 e. The van der Waals surface area contributed by atoms with E-state index in [1.54, 1.807) is 0 Å². The van der Waals surface area contributed by atoms with Gasteiger partial charge in [0.15, 0.2) is 0 Å². The maximum absolute atomic E-state index is 5.73. The van der Waals surface area contributed by atoms with Gasteiger partial charge < -0.3 is 10.1 Å². The zero-order valence-corrected chi connectivity index (χ0v) is 8.47. The SMILES string of the molecule is CCC1CCOC(CC)C(C)N1. The molecule has 3 unspecified atom stereocenters. The minimum atomic E-state index is 0.418. The average molecular weight is 171 g/mol. The molecule has 0 saturated carbocycles. The van der Waals surface area contributed by atoms with Crippen LogP contribution in [0.1, 0.15) is 40.0 Å². The second kappa shape index (κ2) is 4.83. The van der Waals surface area contributed by atoms with E-state index in [4.69, 9.17) is 4.74 Å². The van der Waals surface area contributed by atoms with E-state index in [0.29, 0.717) is 18.2 Å². The molecule has 12 heavy (non-hydrogen) atoms. The molecule has 2 nitrogen and oxygen atoms in total. The fourth-order valence-electron chi connectivity index (χ4n) is 1.86. The molecular weight excluding hydrogens is 150 g/mol. The third kappa shape index (κ3) is 2.46. The fourth-order valence-corrected chi connectivity index (χ4v) is 1.86. The smallest absolute Gasteiger partial charge is 0.0722 e. The highest BCUT2D eigenvalue weighted by Crippen LogP contribution is 2.12. The molecule has 1 aliphatic rings. The van der Waals surface area contributed by atoms with Crippen LogP contribution in [0.2, 0.25) is 0 Å². The van der Waals surface area contributed by atoms with Crippen molar-refractivity contribution in [2.75, 3.05) is 6.61 Å². The molecule has 0 aromatic carbocycles. The van der Waals surface area contributed by atoms with E-state index in [9.17, 15) is 0 Å². The van der Waals surface area contributed by atoms with Crippen LogP contribution in [0.25, 0.3) is 0 Å². The van der Waals surface area contributed by atoms with E-state index in [1.165, 1.54) is 6.42 Å². The molecule has 0 aromatic heterocycles. The van der Waals surface area contributed by atoms with Crippen molar-refractivity contribution < 1.29 is 4.74 Å². The van der Waals surface area contributed by atoms with Crippen molar-refractivity contribution in [3.8, 4) is 0 Å². The van der Waals surface area contributed by atoms with Crippen molar-refractivity contribution in [3.05, 3.63) is 0 Å². The molecule has 0 radical (unpaired) electrons. The molecule has 0 aromatic rings. The molecule has 0 bridgehead atoms. The van der Waals surface area contributed by atoms with Gasteiger partial charge in [0.25, 0.3) is 0 Å². The lowest BCUT2D eigenvalue weighted by atomic mass is 10.1. The Labute approximate surface area is 75.7 Å². The first kappa shape index (κ1) is 10.0. The normalized spacial score (nSPS) is 37.8. The van der Waals surface area contributed by atoms with Gasteiger partial charge in [-0.05, 0) is 26.2 Å². The van der Waals surface area contributed by atoms with Crippen LogP contribution in [-0.2, 0) is 4.74 Å². The van der Waals surface area contributed by atoms with E-state index in [-0.39, 0.29) is 0 Å². The molecule has 1 N–H and O–H groups in total. The summed E-state index contributed by atoms with van der Waals surface area (Å²) >= 11 is 0. The summed E-state index contributed by atoms with van der Waals surface area (Å²) in [5.74, 6) is 0. The van der Waals surface area contributed by atoms with Gasteiger partial charge >= 0.3 is 0 Å². The molecule has 1 aliphatic heterocycles. The Kier molecular flexibility index (Phi) is 4.02. The van der Waals surface area contributed by atoms with Gasteiger partial charge in [0.2, 0.25) is 0 Å². The maximum atomic E-state index is 5.73. The fraction of sp³-hybridized carbons (Fsp3) is 1.00. The summed E-state index contributed by atoms with van der Waals surface area (Å²) in [5.41, 5.74) is 0. The third-order valence-corrected chi connectivity index (χ3v) is 2.75. The van der Waals surface area contributed by atoms with Crippen LogP contribution in [0.5, 0.6) is 0 Å². The van der Waals surface area contributed by atoms with E-state index in [2.05, 4.69) is 26.1 Å². The number of rotatable bonds is 2. The van der Waals surface area contributed by atoms with E-state index in [1.807, 2.05) is 0 Å². The predicted octanol–water partition coefficient (Wildman–Crippen LogP) is 1.94. The summed E-state index contributed by atoms with van der Waals surface area (Å²) < 4.78 is 5.73. The number of nitrogens with one attached hydrogen (secondary N) is 1. The Hall–Kier alpha value is -0.0800. The quantitative estimate of drug-likeness (QED) is 0.685. The maximum Gasteiger partial charge on any atom is 0.0722 e. The molecule has 1 rings (SSSR count). The van der Waals surface area contributed by atoms with Crippen LogP contribution in [0.3, 0.4) is 0 Å². The first-order valence-electron chi connectivity index (χ1n) is 5.15. The van der Waals surface area contributed by atoms with Crippen molar-refractivity contribution in [1.82, 2.24) is 5.32 Å². The molecule has 1 fully saturated rings. The highest BCUT2D eigenvalue weighted by Gasteiger charge is 2.22. The molecule has 0 amide bonds. The van der Waals surface area contributed by atoms with Crippen LogP contribution >= 0.6 is 0 Å². The minimum absolute atomic E-state index is 0.418. The van der Waals surface area contributed by atoms with E-state index >= 15 is 0 Å². The Bertz CT molecular complexity index is 127. The van der Waals surface area contributed by atoms with Crippen LogP contribution in [0.4, 0.5) is 0 Å². The molecule has 0 spiro atoms. The molecule has 72 valence electrons. The molecule has 1 saturated heterocycles. The van der Waals surface area contributed by atoms with Crippen LogP contribution in [-0.4, -0.2) is 24.8 Å². The summed E-state index contributed by atoms with van der Waals surface area (Å²) in [6.07, 6.45) is 3.91. The summed E-state index contributed by atoms with van der Waals surface area (Å²) in [6, 6.07) is 1.18. The zero-order valence-electron chi connectivity index (χ0n) is 8.47. The monoisotopic (exact) mass is 171 g/mol. The van der Waals surface area contributed by atoms with Crippen molar-refractivity contribution in [2.24, 2.45) is 0 Å². The lowest BCUT2D eigenvalue weighted by Gasteiger charge is -2.22. The summed E-state index contributed by atoms with van der Waals surface area (Å²) in [6.45, 7) is 7.57. The van der Waals surface area contributed by atoms with Gasteiger partial charge in [-0.3, -0.25) is 0 Å². The molecule has 1 heterocycles. The van der Waals surface area contributed by atoms with Gasteiger partial charge in [0, 0.05) is 18.7 Å². The third-order valence-electron chi connectivity index (χ3n) is 2.75. The second-order valence-electron chi connectivity index (χ2n) is 3.67. The van der Waals surface area contributed by atoms with Crippen molar-refractivity contribution in [2.45, 2.75) is 58.2 Å². The average Bonchev–Trinajstić information content (AvgIpc) is 2.26. The topological polar surface area (TPSA) is 21.3 Å². The van der Waals surface area contributed by atoms with Crippen molar-refractivity contribution in [3.63, 3.8) is 0 Å². The van der Waals surface area contributed by atoms with Gasteiger partial charge in [-0.1, -0.05) is 13.8 Å². The molecular formula is C10H21NO. The van der Waals surface area contributed by atoms with E-state index in [0.717, 1.165) is 19.4 Å². The van der Waals surface area contributed by atoms with E-state index < -0.39 is 0 Å². The number of hydrogen-bond acceptors (Lipinski definition) is 2. The van der Waals surface area contributed by atoms with Crippen LogP contribution in [0, 0.1) is 0 Å². The van der Waals surface area contributed by atoms with Gasteiger partial charge in [0.1, 0.15) is 0 Å². The van der Waals surface area contributed by atoms with Crippen molar-refractivity contribution in [1.29, 1.82) is 0 Å². The predicted molar refractivity (Wildman–Crippen MR) is 51.3 cm³/mol. The number of hydrogen-bond donors (Lipinski definition) is 1. The van der Waals surface area contributed by atoms with Gasteiger partial charge in [-0.25, -0.2) is 0 Å². The highest BCUT2D eigenvalue weighted by molar-refractivity contribution is 4.79. The lowest BCUT2D eigenvalue weighted by Crippen LogP contribution is -2.41. The molecule has 0 aliphatic carbocycles. The minimum Gasteiger partial charge on any atom is -0.377 e. The first-order chi connectivity index (χ1) is 5.77. The Morgan fingerprint density at radius 3 is 2.67 bits per heavy atom. The molecule has 3 atom stereocenters. The van der Waals surface area contributed by atoms with Gasteiger partial charge in [-0.2, -0.15) is 0 Å². The van der Waals surface area contributed by atoms with Crippen molar-refractivity contribution >= 4 is 0 Å². The first-order valence-corrected chi connectivity index (χ1v) is 5.15. The lowest BCUT2D eigenvalue weighted by molar-refractivity contribution is 0.0445. The zero-order chi connectivity index (χ0) is 8.97. The Morgan fingerprint density at radius 2 is 2.08 bits per heavy atom. The number of ether oxygens (including phenoxy) is 1. The summed E-state index contributed by atoms with van der Waals surface area (Å²) in [5, 5.41) is 3.60. The summed E-state index contributed by atoms with van der Waals surface area (Å²) in [4.78, 5) is 0. The Morgan fingerprint density at radius 1 is 1.33 bits per heavy atom. The van der Waals surface area contributed by atoms with Gasteiger partial charge in [-0.15, -0.1) is 0 Å². The summed E-state index contributed by atoms with van der Waals surface area (Å²) in [7, 11) is 0. The Balaban J connectivity index is 2.44. The standard InChI is InChI=1S/C10H21NO/c1-4-9-6-7-12-10(5-2)8(3)11-9/h8-11H,4-7H2,1-3H3.